The normalized spacial score (nSPS) is 11.0. The van der Waals surface area contributed by atoms with Crippen LogP contribution in [0.25, 0.3) is 32.3 Å². The standard InChI is InChI=1S/C34H28N2O6/c1-39-27-9-5-7-23(31(27)41-3)33(37)35-25-17-13-19-12-16-22-26(18-14-20-11-15-21(25)29(19)30(20)22)36-34(38)24-8-6-10-28(40-2)32(24)42-4/h5-18H,1-4H3,(H,35,37)(H,36,38). The van der Waals surface area contributed by atoms with E-state index in [1.807, 2.05) is 48.5 Å². The monoisotopic (exact) mass is 560 g/mol. The molecule has 0 aliphatic carbocycles. The molecule has 8 heteroatoms. The Morgan fingerprint density at radius 1 is 0.500 bits per heavy atom. The number of anilines is 2. The van der Waals surface area contributed by atoms with E-state index in [0.717, 1.165) is 32.3 Å². The van der Waals surface area contributed by atoms with Gasteiger partial charge in [0.05, 0.1) is 39.6 Å². The Bertz CT molecular complexity index is 1840. The molecule has 0 aliphatic heterocycles. The number of hydrogen-bond acceptors (Lipinski definition) is 6. The van der Waals surface area contributed by atoms with Gasteiger partial charge in [0.25, 0.3) is 11.8 Å². The average molecular weight is 561 g/mol. The highest BCUT2D eigenvalue weighted by atomic mass is 16.5. The van der Waals surface area contributed by atoms with Gasteiger partial charge in [-0.1, -0.05) is 48.5 Å². The summed E-state index contributed by atoms with van der Waals surface area (Å²) < 4.78 is 21.7. The fourth-order valence-electron chi connectivity index (χ4n) is 5.53. The largest absolute Gasteiger partial charge is 0.493 e. The lowest BCUT2D eigenvalue weighted by Gasteiger charge is -2.18. The second-order valence-electron chi connectivity index (χ2n) is 9.64. The third-order valence-electron chi connectivity index (χ3n) is 7.46. The highest BCUT2D eigenvalue weighted by molar-refractivity contribution is 6.29. The summed E-state index contributed by atoms with van der Waals surface area (Å²) in [6, 6.07) is 26.1. The van der Waals surface area contributed by atoms with E-state index in [9.17, 15) is 9.59 Å². The van der Waals surface area contributed by atoms with E-state index in [1.165, 1.54) is 28.4 Å². The Balaban J connectivity index is 1.43. The molecule has 6 aromatic carbocycles. The van der Waals surface area contributed by atoms with Crippen LogP contribution in [-0.4, -0.2) is 40.3 Å². The van der Waals surface area contributed by atoms with Gasteiger partial charge in [-0.15, -0.1) is 0 Å². The molecule has 6 rings (SSSR count). The van der Waals surface area contributed by atoms with E-state index in [-0.39, 0.29) is 11.8 Å². The minimum absolute atomic E-state index is 0.319. The number of rotatable bonds is 8. The zero-order valence-corrected chi connectivity index (χ0v) is 23.5. The quantitative estimate of drug-likeness (QED) is 0.193. The fraction of sp³-hybridized carbons (Fsp3) is 0.118. The Kier molecular flexibility index (Phi) is 6.88. The first-order valence-electron chi connectivity index (χ1n) is 13.2. The van der Waals surface area contributed by atoms with Gasteiger partial charge in [0, 0.05) is 22.1 Å². The van der Waals surface area contributed by atoms with Gasteiger partial charge in [-0.05, 0) is 57.9 Å². The first-order chi connectivity index (χ1) is 20.5. The molecule has 0 atom stereocenters. The van der Waals surface area contributed by atoms with E-state index in [1.54, 1.807) is 36.4 Å². The van der Waals surface area contributed by atoms with Gasteiger partial charge in [-0.2, -0.15) is 0 Å². The summed E-state index contributed by atoms with van der Waals surface area (Å²) in [5, 5.41) is 11.9. The van der Waals surface area contributed by atoms with E-state index in [0.29, 0.717) is 45.5 Å². The molecule has 0 heterocycles. The summed E-state index contributed by atoms with van der Waals surface area (Å²) in [7, 11) is 6.08. The average Bonchev–Trinajstić information content (AvgIpc) is 3.03. The minimum Gasteiger partial charge on any atom is -0.493 e. The van der Waals surface area contributed by atoms with Crippen molar-refractivity contribution in [1.29, 1.82) is 0 Å². The van der Waals surface area contributed by atoms with Crippen LogP contribution in [0.2, 0.25) is 0 Å². The number of nitrogens with one attached hydrogen (secondary N) is 2. The van der Waals surface area contributed by atoms with Gasteiger partial charge >= 0.3 is 0 Å². The molecular formula is C34H28N2O6. The van der Waals surface area contributed by atoms with Crippen molar-refractivity contribution < 1.29 is 28.5 Å². The predicted molar refractivity (Wildman–Crippen MR) is 165 cm³/mol. The summed E-state index contributed by atoms with van der Waals surface area (Å²) in [4.78, 5) is 26.8. The van der Waals surface area contributed by atoms with Gasteiger partial charge < -0.3 is 29.6 Å². The Labute approximate surface area is 242 Å². The van der Waals surface area contributed by atoms with Gasteiger partial charge in [0.1, 0.15) is 0 Å². The van der Waals surface area contributed by atoms with Crippen LogP contribution in [0, 0.1) is 0 Å². The number of methoxy groups -OCH3 is 4. The number of ether oxygens (including phenoxy) is 4. The molecule has 0 bridgehead atoms. The Morgan fingerprint density at radius 2 is 0.905 bits per heavy atom. The van der Waals surface area contributed by atoms with Gasteiger partial charge in [0.15, 0.2) is 23.0 Å². The van der Waals surface area contributed by atoms with Crippen LogP contribution >= 0.6 is 0 Å². The molecule has 0 fully saturated rings. The van der Waals surface area contributed by atoms with Crippen molar-refractivity contribution in [2.24, 2.45) is 0 Å². The molecule has 0 spiro atoms. The number of para-hydroxylation sites is 2. The van der Waals surface area contributed by atoms with E-state index in [4.69, 9.17) is 18.9 Å². The zero-order valence-electron chi connectivity index (χ0n) is 23.5. The van der Waals surface area contributed by atoms with E-state index < -0.39 is 0 Å². The van der Waals surface area contributed by atoms with Crippen molar-refractivity contribution in [3.8, 4) is 23.0 Å². The van der Waals surface area contributed by atoms with Crippen LogP contribution in [0.3, 0.4) is 0 Å². The molecule has 42 heavy (non-hydrogen) atoms. The molecule has 0 radical (unpaired) electrons. The molecule has 0 unspecified atom stereocenters. The summed E-state index contributed by atoms with van der Waals surface area (Å²) in [6.07, 6.45) is 0. The molecular weight excluding hydrogens is 532 g/mol. The lowest BCUT2D eigenvalue weighted by molar-refractivity contribution is 0.101. The summed E-state index contributed by atoms with van der Waals surface area (Å²) in [6.45, 7) is 0. The topological polar surface area (TPSA) is 95.1 Å². The van der Waals surface area contributed by atoms with Crippen LogP contribution in [0.5, 0.6) is 23.0 Å². The van der Waals surface area contributed by atoms with Crippen molar-refractivity contribution in [3.63, 3.8) is 0 Å². The van der Waals surface area contributed by atoms with Crippen LogP contribution in [0.4, 0.5) is 11.4 Å². The maximum absolute atomic E-state index is 13.4. The second kappa shape index (κ2) is 10.8. The molecule has 0 saturated heterocycles. The molecule has 210 valence electrons. The maximum Gasteiger partial charge on any atom is 0.259 e. The number of amides is 2. The van der Waals surface area contributed by atoms with Crippen LogP contribution < -0.4 is 29.6 Å². The van der Waals surface area contributed by atoms with Crippen molar-refractivity contribution in [2.75, 3.05) is 39.1 Å². The third-order valence-corrected chi connectivity index (χ3v) is 7.46. The van der Waals surface area contributed by atoms with Crippen molar-refractivity contribution in [1.82, 2.24) is 0 Å². The lowest BCUT2D eigenvalue weighted by Crippen LogP contribution is -2.14. The number of benzene rings is 6. The zero-order chi connectivity index (χ0) is 29.4. The number of carbonyl (C=O) groups excluding carboxylic acids is 2. The minimum atomic E-state index is -0.319. The van der Waals surface area contributed by atoms with Gasteiger partial charge in [-0.3, -0.25) is 9.59 Å². The van der Waals surface area contributed by atoms with Gasteiger partial charge in [0.2, 0.25) is 0 Å². The van der Waals surface area contributed by atoms with Gasteiger partial charge in [-0.25, -0.2) is 0 Å². The number of carbonyl (C=O) groups is 2. The maximum atomic E-state index is 13.4. The molecule has 8 nitrogen and oxygen atoms in total. The van der Waals surface area contributed by atoms with E-state index >= 15 is 0 Å². The molecule has 0 aromatic heterocycles. The van der Waals surface area contributed by atoms with Crippen molar-refractivity contribution in [2.45, 2.75) is 0 Å². The molecule has 0 aliphatic rings. The first kappa shape index (κ1) is 26.7. The first-order valence-corrected chi connectivity index (χ1v) is 13.2. The summed E-state index contributed by atoms with van der Waals surface area (Å²) >= 11 is 0. The third kappa shape index (κ3) is 4.34. The Morgan fingerprint density at radius 3 is 1.29 bits per heavy atom. The summed E-state index contributed by atoms with van der Waals surface area (Å²) in [5.41, 5.74) is 2.03. The molecule has 6 aromatic rings. The highest BCUT2D eigenvalue weighted by Gasteiger charge is 2.21. The fourth-order valence-corrected chi connectivity index (χ4v) is 5.53. The number of hydrogen-bond donors (Lipinski definition) is 2. The molecule has 0 saturated carbocycles. The summed E-state index contributed by atoms with van der Waals surface area (Å²) in [5.74, 6) is 1.04. The van der Waals surface area contributed by atoms with Crippen LogP contribution in [0.1, 0.15) is 20.7 Å². The molecule has 2 amide bonds. The van der Waals surface area contributed by atoms with E-state index in [2.05, 4.69) is 10.6 Å². The Hall–Kier alpha value is -5.50. The SMILES string of the molecule is COc1cccc(C(=O)Nc2ccc3ccc4c(NC(=O)c5cccc(OC)c5OC)ccc5ccc2c3c54)c1OC. The van der Waals surface area contributed by atoms with Crippen molar-refractivity contribution >= 4 is 55.5 Å². The second-order valence-corrected chi connectivity index (χ2v) is 9.64. The van der Waals surface area contributed by atoms with Crippen LogP contribution in [0.15, 0.2) is 84.9 Å². The smallest absolute Gasteiger partial charge is 0.259 e. The molecule has 2 N–H and O–H groups in total. The lowest BCUT2D eigenvalue weighted by atomic mass is 9.92. The van der Waals surface area contributed by atoms with Crippen LogP contribution in [-0.2, 0) is 0 Å². The predicted octanol–water partition coefficient (Wildman–Crippen LogP) is 7.12. The highest BCUT2D eigenvalue weighted by Crippen LogP contribution is 2.41. The van der Waals surface area contributed by atoms with Crippen molar-refractivity contribution in [3.05, 3.63) is 96.1 Å².